The number of ether oxygens (including phenoxy) is 2. The van der Waals surface area contributed by atoms with Crippen LogP contribution in [0.25, 0.3) is 10.8 Å². The number of furan rings is 1. The van der Waals surface area contributed by atoms with Crippen molar-refractivity contribution in [2.45, 2.75) is 46.2 Å². The number of carbonyl (C=O) groups is 1. The van der Waals surface area contributed by atoms with Crippen LogP contribution < -0.4 is 20.3 Å². The molecule has 1 aromatic carbocycles. The molecule has 160 valence electrons. The van der Waals surface area contributed by atoms with Crippen molar-refractivity contribution in [2.75, 3.05) is 14.2 Å². The van der Waals surface area contributed by atoms with Crippen LogP contribution in [0.4, 0.5) is 0 Å². The molecule has 0 saturated heterocycles. The highest BCUT2D eigenvalue weighted by Crippen LogP contribution is 2.33. The second kappa shape index (κ2) is 9.07. The molecular formula is C23H28N2O5. The Hall–Kier alpha value is -3.22. The minimum Gasteiger partial charge on any atom is -0.493 e. The molecule has 0 aliphatic heterocycles. The number of pyridine rings is 1. The van der Waals surface area contributed by atoms with Crippen molar-refractivity contribution in [1.82, 2.24) is 9.88 Å². The van der Waals surface area contributed by atoms with E-state index in [0.717, 1.165) is 18.6 Å². The summed E-state index contributed by atoms with van der Waals surface area (Å²) >= 11 is 0. The van der Waals surface area contributed by atoms with E-state index in [1.165, 1.54) is 14.2 Å². The summed E-state index contributed by atoms with van der Waals surface area (Å²) in [6.07, 6.45) is 3.21. The van der Waals surface area contributed by atoms with Crippen molar-refractivity contribution in [3.8, 4) is 11.5 Å². The van der Waals surface area contributed by atoms with Gasteiger partial charge in [0.25, 0.3) is 11.5 Å². The highest BCUT2D eigenvalue weighted by Gasteiger charge is 2.20. The molecule has 3 rings (SSSR count). The van der Waals surface area contributed by atoms with Crippen LogP contribution in [0.5, 0.6) is 11.5 Å². The maximum Gasteiger partial charge on any atom is 0.258 e. The Morgan fingerprint density at radius 3 is 2.27 bits per heavy atom. The quantitative estimate of drug-likeness (QED) is 0.599. The molecule has 30 heavy (non-hydrogen) atoms. The highest BCUT2D eigenvalue weighted by molar-refractivity contribution is 6.07. The third-order valence-electron chi connectivity index (χ3n) is 5.35. The number of methoxy groups -OCH3 is 2. The Kier molecular flexibility index (Phi) is 6.50. The van der Waals surface area contributed by atoms with E-state index in [-0.39, 0.29) is 24.1 Å². The van der Waals surface area contributed by atoms with Gasteiger partial charge in [0.2, 0.25) is 0 Å². The molecule has 2 heterocycles. The smallest absolute Gasteiger partial charge is 0.258 e. The van der Waals surface area contributed by atoms with E-state index in [0.29, 0.717) is 33.6 Å². The maximum absolute atomic E-state index is 13.2. The minimum absolute atomic E-state index is 0.00531. The number of amides is 1. The lowest BCUT2D eigenvalue weighted by Crippen LogP contribution is -2.29. The SMILES string of the molecule is CCC(CC)n1cc(C(=O)NCc2ccc(C)o2)c2cc(OC)c(OC)cc2c1=O. The van der Waals surface area contributed by atoms with Crippen LogP contribution in [0.3, 0.4) is 0 Å². The summed E-state index contributed by atoms with van der Waals surface area (Å²) < 4.78 is 18.0. The zero-order chi connectivity index (χ0) is 21.8. The molecule has 7 heteroatoms. The van der Waals surface area contributed by atoms with Gasteiger partial charge in [-0.25, -0.2) is 0 Å². The summed E-state index contributed by atoms with van der Waals surface area (Å²) in [5.41, 5.74) is 0.249. The predicted octanol–water partition coefficient (Wildman–Crippen LogP) is 4.21. The summed E-state index contributed by atoms with van der Waals surface area (Å²) in [4.78, 5) is 26.3. The normalized spacial score (nSPS) is 11.1. The van der Waals surface area contributed by atoms with Crippen LogP contribution in [0, 0.1) is 6.92 Å². The molecule has 3 aromatic rings. The van der Waals surface area contributed by atoms with Gasteiger partial charge in [0, 0.05) is 17.6 Å². The second-order valence-corrected chi connectivity index (χ2v) is 7.17. The third kappa shape index (κ3) is 4.06. The fourth-order valence-electron chi connectivity index (χ4n) is 3.66. The van der Waals surface area contributed by atoms with Crippen LogP contribution in [0.15, 0.2) is 39.7 Å². The molecule has 0 bridgehead atoms. The lowest BCUT2D eigenvalue weighted by molar-refractivity contribution is 0.0948. The average molecular weight is 412 g/mol. The predicted molar refractivity (Wildman–Crippen MR) is 116 cm³/mol. The lowest BCUT2D eigenvalue weighted by Gasteiger charge is -2.20. The first-order valence-electron chi connectivity index (χ1n) is 10.1. The molecule has 0 radical (unpaired) electrons. The maximum atomic E-state index is 13.2. The number of nitrogens with one attached hydrogen (secondary N) is 1. The van der Waals surface area contributed by atoms with E-state index < -0.39 is 0 Å². The van der Waals surface area contributed by atoms with Gasteiger partial charge in [-0.2, -0.15) is 0 Å². The van der Waals surface area contributed by atoms with Gasteiger partial charge < -0.3 is 23.8 Å². The molecule has 0 aliphatic carbocycles. The summed E-state index contributed by atoms with van der Waals surface area (Å²) in [5.74, 6) is 2.06. The van der Waals surface area contributed by atoms with Gasteiger partial charge in [-0.1, -0.05) is 13.8 Å². The first-order valence-corrected chi connectivity index (χ1v) is 10.1. The summed E-state index contributed by atoms with van der Waals surface area (Å²) in [7, 11) is 3.04. The topological polar surface area (TPSA) is 82.7 Å². The lowest BCUT2D eigenvalue weighted by atomic mass is 10.0. The largest absolute Gasteiger partial charge is 0.493 e. The van der Waals surface area contributed by atoms with E-state index >= 15 is 0 Å². The average Bonchev–Trinajstić information content (AvgIpc) is 3.18. The number of benzene rings is 1. The van der Waals surface area contributed by atoms with Gasteiger partial charge in [-0.3, -0.25) is 9.59 Å². The number of rotatable bonds is 8. The molecule has 0 fully saturated rings. The van der Waals surface area contributed by atoms with Crippen LogP contribution >= 0.6 is 0 Å². The van der Waals surface area contributed by atoms with E-state index in [1.807, 2.05) is 32.9 Å². The van der Waals surface area contributed by atoms with Gasteiger partial charge in [-0.15, -0.1) is 0 Å². The molecule has 0 spiro atoms. The molecule has 1 amide bonds. The molecule has 0 unspecified atom stereocenters. The van der Waals surface area contributed by atoms with Crippen molar-refractivity contribution < 1.29 is 18.7 Å². The molecule has 7 nitrogen and oxygen atoms in total. The molecular weight excluding hydrogens is 384 g/mol. The van der Waals surface area contributed by atoms with Crippen LogP contribution in [-0.2, 0) is 6.54 Å². The molecule has 2 aromatic heterocycles. The van der Waals surface area contributed by atoms with E-state index in [1.54, 1.807) is 22.9 Å². The third-order valence-corrected chi connectivity index (χ3v) is 5.35. The number of aromatic nitrogens is 1. The molecule has 0 atom stereocenters. The van der Waals surface area contributed by atoms with Crippen molar-refractivity contribution in [3.63, 3.8) is 0 Å². The Morgan fingerprint density at radius 1 is 1.10 bits per heavy atom. The van der Waals surface area contributed by atoms with E-state index in [4.69, 9.17) is 13.9 Å². The van der Waals surface area contributed by atoms with Crippen LogP contribution in [0.1, 0.15) is 54.6 Å². The number of hydrogen-bond donors (Lipinski definition) is 1. The number of carbonyl (C=O) groups excluding carboxylic acids is 1. The summed E-state index contributed by atoms with van der Waals surface area (Å²) in [5, 5.41) is 3.83. The Labute approximate surface area is 175 Å². The van der Waals surface area contributed by atoms with Crippen LogP contribution in [-0.4, -0.2) is 24.7 Å². The first kappa shape index (κ1) is 21.5. The number of fused-ring (bicyclic) bond motifs is 1. The number of hydrogen-bond acceptors (Lipinski definition) is 5. The summed E-state index contributed by atoms with van der Waals surface area (Å²) in [6.45, 7) is 6.16. The zero-order valence-electron chi connectivity index (χ0n) is 18.1. The zero-order valence-corrected chi connectivity index (χ0v) is 18.1. The van der Waals surface area contributed by atoms with Crippen molar-refractivity contribution >= 4 is 16.7 Å². The first-order chi connectivity index (χ1) is 14.4. The van der Waals surface area contributed by atoms with Gasteiger partial charge in [0.15, 0.2) is 11.5 Å². The molecule has 0 aliphatic rings. The van der Waals surface area contributed by atoms with Crippen molar-refractivity contribution in [3.05, 3.63) is 57.9 Å². The minimum atomic E-state index is -0.291. The Bertz CT molecular complexity index is 1110. The van der Waals surface area contributed by atoms with E-state index in [2.05, 4.69) is 5.32 Å². The fraction of sp³-hybridized carbons (Fsp3) is 0.391. The Balaban J connectivity index is 2.15. The second-order valence-electron chi connectivity index (χ2n) is 7.17. The summed E-state index contributed by atoms with van der Waals surface area (Å²) in [6, 6.07) is 6.99. The van der Waals surface area contributed by atoms with Crippen molar-refractivity contribution in [1.29, 1.82) is 0 Å². The fourth-order valence-corrected chi connectivity index (χ4v) is 3.66. The van der Waals surface area contributed by atoms with Gasteiger partial charge in [0.1, 0.15) is 11.5 Å². The van der Waals surface area contributed by atoms with Crippen LogP contribution in [0.2, 0.25) is 0 Å². The number of nitrogens with zero attached hydrogens (tertiary/aromatic N) is 1. The van der Waals surface area contributed by atoms with Gasteiger partial charge >= 0.3 is 0 Å². The monoisotopic (exact) mass is 412 g/mol. The highest BCUT2D eigenvalue weighted by atomic mass is 16.5. The molecule has 1 N–H and O–H groups in total. The van der Waals surface area contributed by atoms with Gasteiger partial charge in [0.05, 0.1) is 31.7 Å². The van der Waals surface area contributed by atoms with Crippen molar-refractivity contribution in [2.24, 2.45) is 0 Å². The number of aryl methyl sites for hydroxylation is 1. The van der Waals surface area contributed by atoms with Gasteiger partial charge in [-0.05, 0) is 44.0 Å². The Morgan fingerprint density at radius 2 is 1.73 bits per heavy atom. The van der Waals surface area contributed by atoms with E-state index in [9.17, 15) is 9.59 Å². The standard InChI is InChI=1S/C23H28N2O5/c1-6-15(7-2)25-13-19(22(26)24-12-16-9-8-14(3)30-16)17-10-20(28-4)21(29-5)11-18(17)23(25)27/h8-11,13,15H,6-7,12H2,1-5H3,(H,24,26). The molecule has 0 saturated carbocycles.